The molecule has 0 unspecified atom stereocenters. The second-order valence-corrected chi connectivity index (χ2v) is 5.95. The number of H-pyrrole nitrogens is 1. The van der Waals surface area contributed by atoms with E-state index in [9.17, 15) is 9.59 Å². The van der Waals surface area contributed by atoms with E-state index >= 15 is 0 Å². The molecular formula is C17H18N6O2. The maximum atomic E-state index is 12.8. The number of aromatic amines is 1. The van der Waals surface area contributed by atoms with Gasteiger partial charge in [-0.05, 0) is 12.1 Å². The molecule has 8 heteroatoms. The van der Waals surface area contributed by atoms with Crippen LogP contribution >= 0.6 is 0 Å². The molecule has 0 saturated carbocycles. The average Bonchev–Trinajstić information content (AvgIpc) is 3.23. The van der Waals surface area contributed by atoms with E-state index in [4.69, 9.17) is 0 Å². The predicted molar refractivity (Wildman–Crippen MR) is 93.3 cm³/mol. The maximum absolute atomic E-state index is 12.8. The summed E-state index contributed by atoms with van der Waals surface area (Å²) < 4.78 is 1.82. The van der Waals surface area contributed by atoms with E-state index in [1.165, 1.54) is 0 Å². The van der Waals surface area contributed by atoms with Crippen LogP contribution in [0, 0.1) is 0 Å². The Kier molecular flexibility index (Phi) is 3.64. The Morgan fingerprint density at radius 2 is 2.04 bits per heavy atom. The third-order valence-corrected chi connectivity index (χ3v) is 4.31. The Morgan fingerprint density at radius 1 is 1.20 bits per heavy atom. The lowest BCUT2D eigenvalue weighted by Crippen LogP contribution is -2.38. The van der Waals surface area contributed by atoms with Crippen molar-refractivity contribution in [3.8, 4) is 0 Å². The molecule has 2 aromatic heterocycles. The lowest BCUT2D eigenvalue weighted by molar-refractivity contribution is 0.0701. The van der Waals surface area contributed by atoms with Crippen molar-refractivity contribution < 1.29 is 9.59 Å². The molecule has 3 N–H and O–H groups in total. The van der Waals surface area contributed by atoms with Gasteiger partial charge in [0.25, 0.3) is 5.91 Å². The Bertz CT molecular complexity index is 924. The van der Waals surface area contributed by atoms with Crippen molar-refractivity contribution in [1.29, 1.82) is 0 Å². The second kappa shape index (κ2) is 5.97. The molecule has 0 aliphatic carbocycles. The largest absolute Gasteiger partial charge is 0.351 e. The van der Waals surface area contributed by atoms with Gasteiger partial charge in [0, 0.05) is 30.6 Å². The second-order valence-electron chi connectivity index (χ2n) is 5.95. The Labute approximate surface area is 143 Å². The van der Waals surface area contributed by atoms with E-state index in [0.717, 1.165) is 16.6 Å². The summed E-state index contributed by atoms with van der Waals surface area (Å²) in [5.74, 6) is 0.443. The molecule has 8 nitrogen and oxygen atoms in total. The van der Waals surface area contributed by atoms with E-state index in [1.54, 1.807) is 18.0 Å². The number of hydrogen-bond acceptors (Lipinski definition) is 3. The van der Waals surface area contributed by atoms with Crippen molar-refractivity contribution in [2.45, 2.75) is 13.1 Å². The number of nitrogens with zero attached hydrogens (tertiary/aromatic N) is 3. The summed E-state index contributed by atoms with van der Waals surface area (Å²) in [7, 11) is 1.55. The highest BCUT2D eigenvalue weighted by Crippen LogP contribution is 2.20. The van der Waals surface area contributed by atoms with Crippen LogP contribution in [-0.2, 0) is 13.1 Å². The predicted octanol–water partition coefficient (Wildman–Crippen LogP) is 1.77. The number of para-hydroxylation sites is 1. The SMILES string of the molecule is CNC(=O)Nc1cc2n(n1)CCN(C(=O)c1cc3ccccc3[nH]1)C2. The summed E-state index contributed by atoms with van der Waals surface area (Å²) >= 11 is 0. The van der Waals surface area contributed by atoms with Crippen LogP contribution in [0.25, 0.3) is 10.9 Å². The topological polar surface area (TPSA) is 95.1 Å². The minimum Gasteiger partial charge on any atom is -0.351 e. The monoisotopic (exact) mass is 338 g/mol. The molecule has 1 aliphatic rings. The van der Waals surface area contributed by atoms with Crippen LogP contribution in [0.3, 0.4) is 0 Å². The smallest absolute Gasteiger partial charge is 0.320 e. The zero-order valence-corrected chi connectivity index (χ0v) is 13.7. The van der Waals surface area contributed by atoms with Crippen molar-refractivity contribution in [2.24, 2.45) is 0 Å². The van der Waals surface area contributed by atoms with Crippen molar-refractivity contribution in [2.75, 3.05) is 18.9 Å². The number of carbonyl (C=O) groups is 2. The normalized spacial score (nSPS) is 13.6. The molecular weight excluding hydrogens is 320 g/mol. The number of rotatable bonds is 2. The van der Waals surface area contributed by atoms with Gasteiger partial charge in [0.1, 0.15) is 5.69 Å². The molecule has 3 amide bonds. The molecule has 1 aromatic carbocycles. The van der Waals surface area contributed by atoms with E-state index in [1.807, 2.05) is 35.0 Å². The van der Waals surface area contributed by atoms with Gasteiger partial charge in [-0.3, -0.25) is 14.8 Å². The number of anilines is 1. The lowest BCUT2D eigenvalue weighted by atomic mass is 10.2. The number of aromatic nitrogens is 3. The molecule has 0 spiro atoms. The number of urea groups is 1. The van der Waals surface area contributed by atoms with E-state index in [0.29, 0.717) is 31.1 Å². The van der Waals surface area contributed by atoms with E-state index < -0.39 is 0 Å². The molecule has 128 valence electrons. The summed E-state index contributed by atoms with van der Waals surface area (Å²) in [6, 6.07) is 11.2. The van der Waals surface area contributed by atoms with Crippen molar-refractivity contribution in [1.82, 2.24) is 25.0 Å². The number of nitrogens with one attached hydrogen (secondary N) is 3. The Hall–Kier alpha value is -3.29. The van der Waals surface area contributed by atoms with Gasteiger partial charge in [0.05, 0.1) is 18.8 Å². The standard InChI is InChI=1S/C17H18N6O2/c1-18-17(25)20-15-9-12-10-22(6-7-23(12)21-15)16(24)14-8-11-4-2-3-5-13(11)19-14/h2-5,8-9,19H,6-7,10H2,1H3,(H2,18,20,21,25). The summed E-state index contributed by atoms with van der Waals surface area (Å²) in [5.41, 5.74) is 2.42. The van der Waals surface area contributed by atoms with Crippen molar-refractivity contribution >= 4 is 28.7 Å². The van der Waals surface area contributed by atoms with Crippen molar-refractivity contribution in [3.63, 3.8) is 0 Å². The van der Waals surface area contributed by atoms with Gasteiger partial charge in [-0.25, -0.2) is 4.79 Å². The zero-order valence-electron chi connectivity index (χ0n) is 13.7. The average molecular weight is 338 g/mol. The van der Waals surface area contributed by atoms with E-state index in [-0.39, 0.29) is 11.9 Å². The third kappa shape index (κ3) is 2.82. The summed E-state index contributed by atoms with van der Waals surface area (Å²) in [4.78, 5) is 29.2. The molecule has 25 heavy (non-hydrogen) atoms. The number of carbonyl (C=O) groups excluding carboxylic acids is 2. The molecule has 3 aromatic rings. The molecule has 0 saturated heterocycles. The van der Waals surface area contributed by atoms with Gasteiger partial charge >= 0.3 is 6.03 Å². The lowest BCUT2D eigenvalue weighted by Gasteiger charge is -2.27. The number of benzene rings is 1. The Morgan fingerprint density at radius 3 is 2.84 bits per heavy atom. The number of hydrogen-bond donors (Lipinski definition) is 3. The molecule has 0 bridgehead atoms. The van der Waals surface area contributed by atoms with Gasteiger partial charge < -0.3 is 15.2 Å². The van der Waals surface area contributed by atoms with Crippen LogP contribution in [-0.4, -0.2) is 45.2 Å². The summed E-state index contributed by atoms with van der Waals surface area (Å²) in [5, 5.41) is 10.5. The van der Waals surface area contributed by atoms with E-state index in [2.05, 4.69) is 20.7 Å². The highest BCUT2D eigenvalue weighted by molar-refractivity contribution is 5.98. The van der Waals surface area contributed by atoms with Gasteiger partial charge in [-0.2, -0.15) is 5.10 Å². The highest BCUT2D eigenvalue weighted by atomic mass is 16.2. The summed E-state index contributed by atoms with van der Waals surface area (Å²) in [6.45, 7) is 1.62. The molecule has 1 aliphatic heterocycles. The van der Waals surface area contributed by atoms with Crippen LogP contribution in [0.1, 0.15) is 16.2 Å². The van der Waals surface area contributed by atoms with Crippen LogP contribution in [0.2, 0.25) is 0 Å². The zero-order chi connectivity index (χ0) is 17.4. The minimum atomic E-state index is -0.318. The van der Waals surface area contributed by atoms with Gasteiger partial charge in [-0.15, -0.1) is 0 Å². The van der Waals surface area contributed by atoms with Gasteiger partial charge in [0.15, 0.2) is 5.82 Å². The first-order valence-corrected chi connectivity index (χ1v) is 8.06. The minimum absolute atomic E-state index is 0.0375. The van der Waals surface area contributed by atoms with Gasteiger partial charge in [0.2, 0.25) is 0 Å². The number of amides is 3. The maximum Gasteiger partial charge on any atom is 0.320 e. The highest BCUT2D eigenvalue weighted by Gasteiger charge is 2.24. The fourth-order valence-corrected chi connectivity index (χ4v) is 3.04. The van der Waals surface area contributed by atoms with Crippen LogP contribution < -0.4 is 10.6 Å². The quantitative estimate of drug-likeness (QED) is 0.664. The molecule has 4 rings (SSSR count). The fourth-order valence-electron chi connectivity index (χ4n) is 3.04. The first-order chi connectivity index (χ1) is 12.1. The Balaban J connectivity index is 1.53. The third-order valence-electron chi connectivity index (χ3n) is 4.31. The van der Waals surface area contributed by atoms with Gasteiger partial charge in [-0.1, -0.05) is 18.2 Å². The first-order valence-electron chi connectivity index (χ1n) is 8.06. The number of fused-ring (bicyclic) bond motifs is 2. The van der Waals surface area contributed by atoms with Crippen LogP contribution in [0.4, 0.5) is 10.6 Å². The fraction of sp³-hybridized carbons (Fsp3) is 0.235. The van der Waals surface area contributed by atoms with Crippen LogP contribution in [0.15, 0.2) is 36.4 Å². The summed E-state index contributed by atoms with van der Waals surface area (Å²) in [6.07, 6.45) is 0. The molecule has 0 radical (unpaired) electrons. The first kappa shape index (κ1) is 15.3. The molecule has 0 atom stereocenters. The molecule has 0 fully saturated rings. The van der Waals surface area contributed by atoms with Crippen LogP contribution in [0.5, 0.6) is 0 Å². The molecule has 3 heterocycles. The van der Waals surface area contributed by atoms with Crippen molar-refractivity contribution in [3.05, 3.63) is 47.8 Å².